The average Bonchev–Trinajstić information content (AvgIpc) is 2.84. The summed E-state index contributed by atoms with van der Waals surface area (Å²) in [5.41, 5.74) is 1.29. The Balaban J connectivity index is 1.86. The van der Waals surface area contributed by atoms with Crippen LogP contribution in [0.1, 0.15) is 6.92 Å². The SMILES string of the molecule is CCOc1cc2ncnc(Nc3ccc(F)c(Cl)c3)c2cc1NC(=O)/C(F)=C\CN(C)CCN(C)C. The van der Waals surface area contributed by atoms with E-state index in [0.717, 1.165) is 13.1 Å². The van der Waals surface area contributed by atoms with Crippen molar-refractivity contribution in [1.29, 1.82) is 0 Å². The molecule has 0 aliphatic carbocycles. The van der Waals surface area contributed by atoms with Crippen LogP contribution in [0.15, 0.2) is 48.6 Å². The summed E-state index contributed by atoms with van der Waals surface area (Å²) in [6.45, 7) is 3.95. The van der Waals surface area contributed by atoms with Crippen LogP contribution in [0.5, 0.6) is 5.75 Å². The number of halogens is 3. The summed E-state index contributed by atoms with van der Waals surface area (Å²) in [7, 11) is 5.76. The van der Waals surface area contributed by atoms with E-state index in [2.05, 4.69) is 20.6 Å². The van der Waals surface area contributed by atoms with E-state index in [1.54, 1.807) is 19.1 Å². The van der Waals surface area contributed by atoms with Gasteiger partial charge in [0.05, 0.1) is 22.8 Å². The molecule has 36 heavy (non-hydrogen) atoms. The van der Waals surface area contributed by atoms with Crippen molar-refractivity contribution in [3.63, 3.8) is 0 Å². The molecule has 8 nitrogen and oxygen atoms in total. The van der Waals surface area contributed by atoms with Crippen molar-refractivity contribution in [1.82, 2.24) is 19.8 Å². The van der Waals surface area contributed by atoms with Crippen molar-refractivity contribution in [3.05, 3.63) is 59.4 Å². The molecule has 3 rings (SSSR count). The molecule has 192 valence electrons. The summed E-state index contributed by atoms with van der Waals surface area (Å²) in [5, 5.41) is 6.14. The Morgan fingerprint density at radius 2 is 1.94 bits per heavy atom. The maximum Gasteiger partial charge on any atom is 0.284 e. The molecule has 3 aromatic rings. The number of benzene rings is 2. The molecule has 0 saturated heterocycles. The van der Waals surface area contributed by atoms with E-state index in [1.807, 2.05) is 30.9 Å². The van der Waals surface area contributed by atoms with E-state index in [4.69, 9.17) is 16.3 Å². The van der Waals surface area contributed by atoms with Crippen LogP contribution in [-0.2, 0) is 4.79 Å². The van der Waals surface area contributed by atoms with Gasteiger partial charge in [-0.1, -0.05) is 11.6 Å². The number of hydrogen-bond donors (Lipinski definition) is 2. The smallest absolute Gasteiger partial charge is 0.284 e. The lowest BCUT2D eigenvalue weighted by atomic mass is 10.1. The molecule has 1 heterocycles. The van der Waals surface area contributed by atoms with Gasteiger partial charge < -0.3 is 25.2 Å². The van der Waals surface area contributed by atoms with Gasteiger partial charge in [-0.05, 0) is 58.4 Å². The van der Waals surface area contributed by atoms with Gasteiger partial charge >= 0.3 is 0 Å². The Kier molecular flexibility index (Phi) is 9.51. The molecule has 1 aromatic heterocycles. The van der Waals surface area contributed by atoms with Crippen molar-refractivity contribution in [2.45, 2.75) is 6.92 Å². The molecule has 0 radical (unpaired) electrons. The maximum absolute atomic E-state index is 14.6. The third kappa shape index (κ3) is 7.33. The van der Waals surface area contributed by atoms with Crippen molar-refractivity contribution >= 4 is 45.6 Å². The number of carbonyl (C=O) groups excluding carboxylic acids is 1. The summed E-state index contributed by atoms with van der Waals surface area (Å²) in [6, 6.07) is 7.41. The fraction of sp³-hybridized carbons (Fsp3) is 0.320. The van der Waals surface area contributed by atoms with E-state index < -0.39 is 17.6 Å². The quantitative estimate of drug-likeness (QED) is 0.351. The number of hydrogen-bond acceptors (Lipinski definition) is 7. The summed E-state index contributed by atoms with van der Waals surface area (Å²) >= 11 is 5.88. The average molecular weight is 519 g/mol. The van der Waals surface area contributed by atoms with E-state index in [-0.39, 0.29) is 17.3 Å². The first kappa shape index (κ1) is 27.3. The fourth-order valence-electron chi connectivity index (χ4n) is 3.24. The number of nitrogens with one attached hydrogen (secondary N) is 2. The maximum atomic E-state index is 14.6. The highest BCUT2D eigenvalue weighted by molar-refractivity contribution is 6.31. The van der Waals surface area contributed by atoms with Crippen molar-refractivity contribution < 1.29 is 18.3 Å². The molecule has 11 heteroatoms. The number of ether oxygens (including phenoxy) is 1. The molecule has 0 aliphatic heterocycles. The van der Waals surface area contributed by atoms with E-state index in [1.165, 1.54) is 30.6 Å². The number of aromatic nitrogens is 2. The van der Waals surface area contributed by atoms with Crippen molar-refractivity contribution in [2.75, 3.05) is 58.0 Å². The van der Waals surface area contributed by atoms with Gasteiger partial charge in [0, 0.05) is 36.8 Å². The predicted molar refractivity (Wildman–Crippen MR) is 139 cm³/mol. The largest absolute Gasteiger partial charge is 0.492 e. The lowest BCUT2D eigenvalue weighted by Crippen LogP contribution is -2.29. The first-order chi connectivity index (χ1) is 17.2. The highest BCUT2D eigenvalue weighted by Gasteiger charge is 2.16. The Labute approximate surface area is 213 Å². The molecule has 0 aliphatic rings. The van der Waals surface area contributed by atoms with E-state index in [9.17, 15) is 13.6 Å². The van der Waals surface area contributed by atoms with Gasteiger partial charge in [0.1, 0.15) is 23.7 Å². The summed E-state index contributed by atoms with van der Waals surface area (Å²) in [4.78, 5) is 25.1. The molecule has 2 N–H and O–H groups in total. The predicted octanol–water partition coefficient (Wildman–Crippen LogP) is 4.85. The number of rotatable bonds is 11. The Hall–Kier alpha value is -3.34. The van der Waals surface area contributed by atoms with Crippen molar-refractivity contribution in [2.24, 2.45) is 0 Å². The van der Waals surface area contributed by atoms with Gasteiger partial charge in [0.25, 0.3) is 5.91 Å². The summed E-state index contributed by atoms with van der Waals surface area (Å²) < 4.78 is 33.8. The van der Waals surface area contributed by atoms with Crippen LogP contribution in [0.4, 0.5) is 26.0 Å². The Bertz CT molecular complexity index is 1250. The monoisotopic (exact) mass is 518 g/mol. The van der Waals surface area contributed by atoms with Gasteiger partial charge in [0.15, 0.2) is 5.83 Å². The lowest BCUT2D eigenvalue weighted by molar-refractivity contribution is -0.114. The minimum atomic E-state index is -0.905. The first-order valence-electron chi connectivity index (χ1n) is 11.3. The second-order valence-electron chi connectivity index (χ2n) is 8.35. The number of likely N-dealkylation sites (N-methyl/N-ethyl adjacent to an activating group) is 2. The van der Waals surface area contributed by atoms with Gasteiger partial charge in [0.2, 0.25) is 0 Å². The summed E-state index contributed by atoms with van der Waals surface area (Å²) in [5.74, 6) is -1.62. The highest BCUT2D eigenvalue weighted by atomic mass is 35.5. The lowest BCUT2D eigenvalue weighted by Gasteiger charge is -2.17. The van der Waals surface area contributed by atoms with Crippen LogP contribution in [0.3, 0.4) is 0 Å². The number of carbonyl (C=O) groups is 1. The minimum absolute atomic E-state index is 0.0421. The highest BCUT2D eigenvalue weighted by Crippen LogP contribution is 2.34. The normalized spacial score (nSPS) is 11.9. The van der Waals surface area contributed by atoms with Crippen LogP contribution < -0.4 is 15.4 Å². The molecule has 0 fully saturated rings. The van der Waals surface area contributed by atoms with E-state index >= 15 is 0 Å². The molecular weight excluding hydrogens is 490 g/mol. The van der Waals surface area contributed by atoms with Crippen LogP contribution in [0.25, 0.3) is 10.9 Å². The summed E-state index contributed by atoms with van der Waals surface area (Å²) in [6.07, 6.45) is 2.60. The first-order valence-corrected chi connectivity index (χ1v) is 11.7. The number of anilines is 3. The van der Waals surface area contributed by atoms with Gasteiger partial charge in [-0.2, -0.15) is 0 Å². The molecule has 0 saturated carbocycles. The zero-order valence-electron chi connectivity index (χ0n) is 20.6. The molecule has 2 aromatic carbocycles. The minimum Gasteiger partial charge on any atom is -0.492 e. The number of amides is 1. The molecule has 0 unspecified atom stereocenters. The van der Waals surface area contributed by atoms with Crippen LogP contribution in [0.2, 0.25) is 5.02 Å². The standard InChI is InChI=1S/C25H29ClF2N6O2/c1-5-36-23-14-21-17(24(30-15-29-21)31-16-6-7-19(27)18(26)12-16)13-22(23)32-25(35)20(28)8-9-34(4)11-10-33(2)3/h6-8,12-15H,5,9-11H2,1-4H3,(H,32,35)(H,29,30,31)/b20-8+. The fourth-order valence-corrected chi connectivity index (χ4v) is 3.42. The number of nitrogens with zero attached hydrogens (tertiary/aromatic N) is 4. The van der Waals surface area contributed by atoms with E-state index in [0.29, 0.717) is 34.8 Å². The second-order valence-corrected chi connectivity index (χ2v) is 8.75. The second kappa shape index (κ2) is 12.6. The molecule has 0 bridgehead atoms. The molecule has 1 amide bonds. The van der Waals surface area contributed by atoms with Gasteiger partial charge in [-0.25, -0.2) is 18.7 Å². The Morgan fingerprint density at radius 1 is 1.17 bits per heavy atom. The van der Waals surface area contributed by atoms with Crippen molar-refractivity contribution in [3.8, 4) is 5.75 Å². The molecule has 0 spiro atoms. The van der Waals surface area contributed by atoms with Crippen LogP contribution in [0, 0.1) is 5.82 Å². The Morgan fingerprint density at radius 3 is 2.64 bits per heavy atom. The third-order valence-corrected chi connectivity index (χ3v) is 5.48. The zero-order valence-corrected chi connectivity index (χ0v) is 21.4. The van der Waals surface area contributed by atoms with Gasteiger partial charge in [-0.3, -0.25) is 4.79 Å². The third-order valence-electron chi connectivity index (χ3n) is 5.20. The number of fused-ring (bicyclic) bond motifs is 1. The topological polar surface area (TPSA) is 82.6 Å². The van der Waals surface area contributed by atoms with Crippen LogP contribution >= 0.6 is 11.6 Å². The van der Waals surface area contributed by atoms with Crippen LogP contribution in [-0.4, -0.2) is 73.1 Å². The van der Waals surface area contributed by atoms with Gasteiger partial charge in [-0.15, -0.1) is 0 Å². The zero-order chi connectivity index (χ0) is 26.2. The molecular formula is C25H29ClF2N6O2. The molecule has 0 atom stereocenters.